The summed E-state index contributed by atoms with van der Waals surface area (Å²) in [6.07, 6.45) is 10.3. The summed E-state index contributed by atoms with van der Waals surface area (Å²) in [5, 5.41) is 8.92. The minimum atomic E-state index is -0.935. The maximum absolute atomic E-state index is 11.9. The van der Waals surface area contributed by atoms with Gasteiger partial charge in [0.1, 0.15) is 6.54 Å². The number of ether oxygens (including phenoxy) is 1. The van der Waals surface area contributed by atoms with E-state index in [0.717, 1.165) is 32.1 Å². The van der Waals surface area contributed by atoms with Crippen LogP contribution in [0.3, 0.4) is 0 Å². The van der Waals surface area contributed by atoms with Gasteiger partial charge in [0.15, 0.2) is 6.10 Å². The van der Waals surface area contributed by atoms with E-state index >= 15 is 0 Å². The molecule has 134 valence electrons. The van der Waals surface area contributed by atoms with Crippen LogP contribution in [0.4, 0.5) is 0 Å². The first kappa shape index (κ1) is 21.6. The quantitative estimate of drug-likeness (QED) is 0.244. The van der Waals surface area contributed by atoms with Crippen molar-refractivity contribution in [2.24, 2.45) is 0 Å². The summed E-state index contributed by atoms with van der Waals surface area (Å²) in [5.41, 5.74) is 0. The number of likely N-dealkylation sites (N-methyl/N-ethyl adjacent to an activating group) is 1. The lowest BCUT2D eigenvalue weighted by atomic mass is 10.1. The van der Waals surface area contributed by atoms with E-state index in [9.17, 15) is 9.59 Å². The van der Waals surface area contributed by atoms with Gasteiger partial charge in [-0.15, -0.1) is 0 Å². The first-order chi connectivity index (χ1) is 10.7. The molecule has 5 nitrogen and oxygen atoms in total. The average molecular weight is 328 g/mol. The van der Waals surface area contributed by atoms with E-state index in [1.807, 2.05) is 21.1 Å². The van der Waals surface area contributed by atoms with Crippen LogP contribution in [-0.2, 0) is 14.3 Å². The SMILES string of the molecule is CCC/C=C/CCCCCC(=O)OC(CC(=O)O)C[N+](C)(C)C. The molecule has 0 aromatic heterocycles. The van der Waals surface area contributed by atoms with E-state index < -0.39 is 12.1 Å². The Morgan fingerprint density at radius 2 is 1.74 bits per heavy atom. The lowest BCUT2D eigenvalue weighted by Crippen LogP contribution is -2.43. The summed E-state index contributed by atoms with van der Waals surface area (Å²) in [6.45, 7) is 2.66. The third-order valence-electron chi connectivity index (χ3n) is 3.33. The Kier molecular flexibility index (Phi) is 11.4. The summed E-state index contributed by atoms with van der Waals surface area (Å²) in [6, 6.07) is 0. The molecule has 0 spiro atoms. The van der Waals surface area contributed by atoms with Crippen molar-refractivity contribution < 1.29 is 23.9 Å². The second-order valence-corrected chi connectivity index (χ2v) is 7.04. The molecular weight excluding hydrogens is 294 g/mol. The number of carboxylic acids is 1. The molecule has 0 aromatic rings. The molecule has 23 heavy (non-hydrogen) atoms. The van der Waals surface area contributed by atoms with Crippen LogP contribution in [0.1, 0.15) is 58.3 Å². The lowest BCUT2D eigenvalue weighted by molar-refractivity contribution is -0.873. The smallest absolute Gasteiger partial charge is 0.307 e. The van der Waals surface area contributed by atoms with Crippen molar-refractivity contribution in [3.8, 4) is 0 Å². The van der Waals surface area contributed by atoms with Crippen molar-refractivity contribution in [3.05, 3.63) is 12.2 Å². The van der Waals surface area contributed by atoms with E-state index in [1.165, 1.54) is 6.42 Å². The first-order valence-corrected chi connectivity index (χ1v) is 8.61. The maximum atomic E-state index is 11.9. The largest absolute Gasteiger partial charge is 0.481 e. The van der Waals surface area contributed by atoms with Crippen molar-refractivity contribution in [1.82, 2.24) is 0 Å². The van der Waals surface area contributed by atoms with Gasteiger partial charge in [0.25, 0.3) is 0 Å². The molecule has 0 saturated carbocycles. The van der Waals surface area contributed by atoms with Crippen molar-refractivity contribution in [2.75, 3.05) is 27.7 Å². The van der Waals surface area contributed by atoms with Crippen LogP contribution in [0.25, 0.3) is 0 Å². The van der Waals surface area contributed by atoms with Gasteiger partial charge in [0.2, 0.25) is 0 Å². The molecule has 0 fully saturated rings. The standard InChI is InChI=1S/C18H33NO4/c1-5-6-7-8-9-10-11-12-13-18(22)23-16(14-17(20)21)15-19(2,3)4/h7-8,16H,5-6,9-15H2,1-4H3/p+1/b8-7+. The third kappa shape index (κ3) is 15.3. The number of allylic oxidation sites excluding steroid dienone is 2. The predicted molar refractivity (Wildman–Crippen MR) is 92.2 cm³/mol. The molecule has 0 aliphatic rings. The van der Waals surface area contributed by atoms with Crippen LogP contribution in [-0.4, -0.2) is 55.3 Å². The Labute approximate surface area is 140 Å². The first-order valence-electron chi connectivity index (χ1n) is 8.61. The topological polar surface area (TPSA) is 63.6 Å². The fourth-order valence-corrected chi connectivity index (χ4v) is 2.30. The van der Waals surface area contributed by atoms with E-state index in [1.54, 1.807) is 0 Å². The van der Waals surface area contributed by atoms with E-state index in [4.69, 9.17) is 9.84 Å². The molecule has 0 aliphatic heterocycles. The number of carboxylic acid groups (broad SMARTS) is 1. The molecule has 1 unspecified atom stereocenters. The van der Waals surface area contributed by atoms with Gasteiger partial charge < -0.3 is 14.3 Å². The molecule has 1 N–H and O–H groups in total. The Morgan fingerprint density at radius 1 is 1.09 bits per heavy atom. The zero-order valence-corrected chi connectivity index (χ0v) is 15.2. The van der Waals surface area contributed by atoms with Crippen molar-refractivity contribution >= 4 is 11.9 Å². The average Bonchev–Trinajstić information content (AvgIpc) is 2.39. The molecule has 1 atom stereocenters. The molecule has 0 bridgehead atoms. The van der Waals surface area contributed by atoms with Gasteiger partial charge in [-0.1, -0.05) is 31.9 Å². The number of hydrogen-bond donors (Lipinski definition) is 1. The molecule has 0 heterocycles. The molecular formula is C18H34NO4+. The van der Waals surface area contributed by atoms with Gasteiger partial charge in [0, 0.05) is 6.42 Å². The molecule has 0 aliphatic carbocycles. The fraction of sp³-hybridized carbons (Fsp3) is 0.778. The zero-order valence-electron chi connectivity index (χ0n) is 15.2. The van der Waals surface area contributed by atoms with Gasteiger partial charge >= 0.3 is 11.9 Å². The molecule has 0 rings (SSSR count). The maximum Gasteiger partial charge on any atom is 0.307 e. The Balaban J connectivity index is 3.96. The number of quaternary nitrogens is 1. The van der Waals surface area contributed by atoms with Crippen molar-refractivity contribution in [1.29, 1.82) is 0 Å². The Morgan fingerprint density at radius 3 is 2.30 bits per heavy atom. The minimum absolute atomic E-state index is 0.135. The van der Waals surface area contributed by atoms with E-state index in [0.29, 0.717) is 17.4 Å². The third-order valence-corrected chi connectivity index (χ3v) is 3.33. The monoisotopic (exact) mass is 328 g/mol. The molecule has 0 amide bonds. The van der Waals surface area contributed by atoms with Gasteiger partial charge in [-0.05, 0) is 25.7 Å². The number of nitrogens with zero attached hydrogens (tertiary/aromatic N) is 1. The van der Waals surface area contributed by atoms with Crippen LogP contribution in [0.2, 0.25) is 0 Å². The summed E-state index contributed by atoms with van der Waals surface area (Å²) in [4.78, 5) is 22.7. The summed E-state index contributed by atoms with van der Waals surface area (Å²) < 4.78 is 5.91. The minimum Gasteiger partial charge on any atom is -0.481 e. The van der Waals surface area contributed by atoms with Gasteiger partial charge in [-0.25, -0.2) is 0 Å². The highest BCUT2D eigenvalue weighted by Gasteiger charge is 2.24. The van der Waals surface area contributed by atoms with Crippen molar-refractivity contribution in [2.45, 2.75) is 64.4 Å². The molecule has 0 aromatic carbocycles. The van der Waals surface area contributed by atoms with Gasteiger partial charge in [-0.2, -0.15) is 0 Å². The van der Waals surface area contributed by atoms with Crippen LogP contribution in [0, 0.1) is 0 Å². The van der Waals surface area contributed by atoms with Crippen molar-refractivity contribution in [3.63, 3.8) is 0 Å². The second-order valence-electron chi connectivity index (χ2n) is 7.04. The lowest BCUT2D eigenvalue weighted by Gasteiger charge is -2.28. The zero-order chi connectivity index (χ0) is 17.7. The number of carbonyl (C=O) groups is 2. The number of aliphatic carboxylic acids is 1. The predicted octanol–water partition coefficient (Wildman–Crippen LogP) is 3.39. The number of esters is 1. The number of hydrogen-bond acceptors (Lipinski definition) is 3. The number of unbranched alkanes of at least 4 members (excludes halogenated alkanes) is 4. The number of rotatable bonds is 13. The highest BCUT2D eigenvalue weighted by Crippen LogP contribution is 2.10. The van der Waals surface area contributed by atoms with Gasteiger partial charge in [-0.3, -0.25) is 9.59 Å². The normalized spacial score (nSPS) is 13.2. The van der Waals surface area contributed by atoms with E-state index in [2.05, 4.69) is 19.1 Å². The number of carbonyl (C=O) groups excluding carboxylic acids is 1. The highest BCUT2D eigenvalue weighted by molar-refractivity contribution is 5.71. The summed E-state index contributed by atoms with van der Waals surface area (Å²) in [7, 11) is 5.86. The van der Waals surface area contributed by atoms with Crippen LogP contribution in [0.5, 0.6) is 0 Å². The Hall–Kier alpha value is -1.36. The second kappa shape index (κ2) is 12.1. The molecule has 0 saturated heterocycles. The molecule has 5 heteroatoms. The van der Waals surface area contributed by atoms with Gasteiger partial charge in [0.05, 0.1) is 27.6 Å². The van der Waals surface area contributed by atoms with E-state index in [-0.39, 0.29) is 12.4 Å². The van der Waals surface area contributed by atoms with Crippen LogP contribution < -0.4 is 0 Å². The Bertz CT molecular complexity index is 372. The highest BCUT2D eigenvalue weighted by atomic mass is 16.5. The summed E-state index contributed by atoms with van der Waals surface area (Å²) in [5.74, 6) is -1.22. The van der Waals surface area contributed by atoms with Crippen LogP contribution >= 0.6 is 0 Å². The van der Waals surface area contributed by atoms with Crippen LogP contribution in [0.15, 0.2) is 12.2 Å². The summed E-state index contributed by atoms with van der Waals surface area (Å²) >= 11 is 0. The fourth-order valence-electron chi connectivity index (χ4n) is 2.30. The molecule has 0 radical (unpaired) electrons.